The van der Waals surface area contributed by atoms with E-state index in [2.05, 4.69) is 5.32 Å². The van der Waals surface area contributed by atoms with Gasteiger partial charge in [0.1, 0.15) is 18.2 Å². The SMILES string of the molecule is CC(=O)N(CC(=O)Nc1ccc(C)cc1)c1ccc(F)cc1F. The van der Waals surface area contributed by atoms with Crippen molar-refractivity contribution in [2.24, 2.45) is 0 Å². The fourth-order valence-corrected chi connectivity index (χ4v) is 2.05. The maximum Gasteiger partial charge on any atom is 0.244 e. The molecule has 2 rings (SSSR count). The van der Waals surface area contributed by atoms with Crippen LogP contribution in [0.15, 0.2) is 42.5 Å². The van der Waals surface area contributed by atoms with Crippen molar-refractivity contribution in [2.45, 2.75) is 13.8 Å². The van der Waals surface area contributed by atoms with E-state index in [0.717, 1.165) is 22.6 Å². The summed E-state index contributed by atoms with van der Waals surface area (Å²) in [7, 11) is 0. The van der Waals surface area contributed by atoms with E-state index in [1.165, 1.54) is 6.92 Å². The van der Waals surface area contributed by atoms with E-state index < -0.39 is 23.4 Å². The summed E-state index contributed by atoms with van der Waals surface area (Å²) < 4.78 is 26.8. The number of carbonyl (C=O) groups is 2. The summed E-state index contributed by atoms with van der Waals surface area (Å²) in [4.78, 5) is 24.7. The van der Waals surface area contributed by atoms with Gasteiger partial charge < -0.3 is 10.2 Å². The molecule has 0 bridgehead atoms. The van der Waals surface area contributed by atoms with E-state index in [0.29, 0.717) is 11.8 Å². The molecule has 0 saturated heterocycles. The Hall–Kier alpha value is -2.76. The summed E-state index contributed by atoms with van der Waals surface area (Å²) in [6, 6.07) is 9.95. The smallest absolute Gasteiger partial charge is 0.244 e. The van der Waals surface area contributed by atoms with Gasteiger partial charge in [0.05, 0.1) is 5.69 Å². The predicted molar refractivity (Wildman–Crippen MR) is 84.2 cm³/mol. The van der Waals surface area contributed by atoms with Crippen LogP contribution in [0, 0.1) is 18.6 Å². The van der Waals surface area contributed by atoms with E-state index in [1.807, 2.05) is 19.1 Å². The van der Waals surface area contributed by atoms with Gasteiger partial charge in [-0.3, -0.25) is 9.59 Å². The van der Waals surface area contributed by atoms with Gasteiger partial charge in [0, 0.05) is 18.7 Å². The quantitative estimate of drug-likeness (QED) is 0.940. The van der Waals surface area contributed by atoms with Crippen LogP contribution in [0.1, 0.15) is 12.5 Å². The Morgan fingerprint density at radius 3 is 2.30 bits per heavy atom. The maximum absolute atomic E-state index is 13.8. The molecule has 0 unspecified atom stereocenters. The van der Waals surface area contributed by atoms with Gasteiger partial charge >= 0.3 is 0 Å². The third kappa shape index (κ3) is 4.35. The number of amides is 2. The zero-order valence-electron chi connectivity index (χ0n) is 12.8. The molecule has 0 fully saturated rings. The monoisotopic (exact) mass is 318 g/mol. The average molecular weight is 318 g/mol. The molecule has 120 valence electrons. The summed E-state index contributed by atoms with van der Waals surface area (Å²) in [5.74, 6) is -2.65. The van der Waals surface area contributed by atoms with Crippen LogP contribution in [-0.4, -0.2) is 18.4 Å². The van der Waals surface area contributed by atoms with Crippen molar-refractivity contribution < 1.29 is 18.4 Å². The number of aryl methyl sites for hydroxylation is 1. The van der Waals surface area contributed by atoms with Crippen molar-refractivity contribution in [1.29, 1.82) is 0 Å². The van der Waals surface area contributed by atoms with Crippen LogP contribution in [0.2, 0.25) is 0 Å². The van der Waals surface area contributed by atoms with Crippen molar-refractivity contribution in [3.63, 3.8) is 0 Å². The van der Waals surface area contributed by atoms with E-state index in [4.69, 9.17) is 0 Å². The molecule has 6 heteroatoms. The number of nitrogens with one attached hydrogen (secondary N) is 1. The van der Waals surface area contributed by atoms with Gasteiger partial charge in [0.2, 0.25) is 11.8 Å². The Balaban J connectivity index is 2.14. The third-order valence-electron chi connectivity index (χ3n) is 3.22. The molecule has 0 aliphatic heterocycles. The highest BCUT2D eigenvalue weighted by Crippen LogP contribution is 2.20. The lowest BCUT2D eigenvalue weighted by molar-refractivity contribution is -0.120. The molecule has 2 amide bonds. The van der Waals surface area contributed by atoms with Crippen LogP contribution >= 0.6 is 0 Å². The number of hydrogen-bond acceptors (Lipinski definition) is 2. The molecule has 0 radical (unpaired) electrons. The van der Waals surface area contributed by atoms with Gasteiger partial charge in [0.25, 0.3) is 0 Å². The van der Waals surface area contributed by atoms with Crippen LogP contribution < -0.4 is 10.2 Å². The predicted octanol–water partition coefficient (Wildman–Crippen LogP) is 3.26. The van der Waals surface area contributed by atoms with Gasteiger partial charge in [0.15, 0.2) is 0 Å². The number of rotatable bonds is 4. The zero-order valence-corrected chi connectivity index (χ0v) is 12.8. The molecule has 1 N–H and O–H groups in total. The van der Waals surface area contributed by atoms with Crippen LogP contribution in [0.3, 0.4) is 0 Å². The van der Waals surface area contributed by atoms with Crippen molar-refractivity contribution in [2.75, 3.05) is 16.8 Å². The fourth-order valence-electron chi connectivity index (χ4n) is 2.05. The molecule has 23 heavy (non-hydrogen) atoms. The molecule has 0 aromatic heterocycles. The number of nitrogens with zero attached hydrogens (tertiary/aromatic N) is 1. The first kappa shape index (κ1) is 16.6. The Kier molecular flexibility index (Phi) is 5.05. The van der Waals surface area contributed by atoms with Crippen molar-refractivity contribution >= 4 is 23.2 Å². The minimum Gasteiger partial charge on any atom is -0.325 e. The van der Waals surface area contributed by atoms with E-state index in [-0.39, 0.29) is 12.2 Å². The second kappa shape index (κ2) is 7.00. The largest absolute Gasteiger partial charge is 0.325 e. The van der Waals surface area contributed by atoms with Crippen LogP contribution in [-0.2, 0) is 9.59 Å². The lowest BCUT2D eigenvalue weighted by Crippen LogP contribution is -2.37. The Labute approximate surface area is 132 Å². The third-order valence-corrected chi connectivity index (χ3v) is 3.22. The first-order valence-corrected chi connectivity index (χ1v) is 6.96. The van der Waals surface area contributed by atoms with Gasteiger partial charge in [-0.2, -0.15) is 0 Å². The number of hydrogen-bond donors (Lipinski definition) is 1. The van der Waals surface area contributed by atoms with Crippen molar-refractivity contribution in [1.82, 2.24) is 0 Å². The maximum atomic E-state index is 13.8. The van der Waals surface area contributed by atoms with E-state index in [9.17, 15) is 18.4 Å². The lowest BCUT2D eigenvalue weighted by atomic mass is 10.2. The molecule has 0 atom stereocenters. The number of benzene rings is 2. The highest BCUT2D eigenvalue weighted by Gasteiger charge is 2.19. The molecule has 0 aliphatic rings. The molecule has 2 aromatic carbocycles. The minimum atomic E-state index is -0.900. The summed E-state index contributed by atoms with van der Waals surface area (Å²) in [5.41, 5.74) is 1.48. The van der Waals surface area contributed by atoms with E-state index in [1.54, 1.807) is 12.1 Å². The number of halogens is 2. The number of anilines is 2. The lowest BCUT2D eigenvalue weighted by Gasteiger charge is -2.21. The Morgan fingerprint density at radius 1 is 1.09 bits per heavy atom. The Morgan fingerprint density at radius 2 is 1.74 bits per heavy atom. The first-order chi connectivity index (χ1) is 10.9. The second-order valence-corrected chi connectivity index (χ2v) is 5.12. The molecule has 0 saturated carbocycles. The van der Waals surface area contributed by atoms with Crippen LogP contribution in [0.4, 0.5) is 20.2 Å². The molecular weight excluding hydrogens is 302 g/mol. The second-order valence-electron chi connectivity index (χ2n) is 5.12. The highest BCUT2D eigenvalue weighted by molar-refractivity contribution is 6.01. The standard InChI is InChI=1S/C17H16F2N2O2/c1-11-3-6-14(7-4-11)20-17(23)10-21(12(2)22)16-8-5-13(18)9-15(16)19/h3-9H,10H2,1-2H3,(H,20,23). The summed E-state index contributed by atoms with van der Waals surface area (Å²) in [6.45, 7) is 2.76. The van der Waals surface area contributed by atoms with Gasteiger partial charge in [-0.05, 0) is 31.2 Å². The Bertz CT molecular complexity index is 730. The fraction of sp³-hybridized carbons (Fsp3) is 0.176. The molecule has 4 nitrogen and oxygen atoms in total. The van der Waals surface area contributed by atoms with Crippen molar-refractivity contribution in [3.8, 4) is 0 Å². The topological polar surface area (TPSA) is 49.4 Å². The van der Waals surface area contributed by atoms with Crippen LogP contribution in [0.25, 0.3) is 0 Å². The molecular formula is C17H16F2N2O2. The van der Waals surface area contributed by atoms with Gasteiger partial charge in [-0.25, -0.2) is 8.78 Å². The highest BCUT2D eigenvalue weighted by atomic mass is 19.1. The molecule has 0 heterocycles. The van der Waals surface area contributed by atoms with Crippen LogP contribution in [0.5, 0.6) is 0 Å². The summed E-state index contributed by atoms with van der Waals surface area (Å²) in [5, 5.41) is 2.63. The molecule has 2 aromatic rings. The average Bonchev–Trinajstić information content (AvgIpc) is 2.48. The molecule has 0 aliphatic carbocycles. The van der Waals surface area contributed by atoms with Gasteiger partial charge in [-0.1, -0.05) is 17.7 Å². The number of carbonyl (C=O) groups excluding carboxylic acids is 2. The van der Waals surface area contributed by atoms with Gasteiger partial charge in [-0.15, -0.1) is 0 Å². The first-order valence-electron chi connectivity index (χ1n) is 6.96. The van der Waals surface area contributed by atoms with E-state index >= 15 is 0 Å². The normalized spacial score (nSPS) is 10.3. The zero-order chi connectivity index (χ0) is 17.0. The minimum absolute atomic E-state index is 0.141. The van der Waals surface area contributed by atoms with Crippen molar-refractivity contribution in [3.05, 3.63) is 59.7 Å². The molecule has 0 spiro atoms. The summed E-state index contributed by atoms with van der Waals surface area (Å²) >= 11 is 0. The summed E-state index contributed by atoms with van der Waals surface area (Å²) in [6.07, 6.45) is 0.